The Labute approximate surface area is 175 Å². The van der Waals surface area contributed by atoms with Gasteiger partial charge >= 0.3 is 0 Å². The van der Waals surface area contributed by atoms with Gasteiger partial charge in [-0.25, -0.2) is 4.68 Å². The predicted octanol–water partition coefficient (Wildman–Crippen LogP) is 5.19. The van der Waals surface area contributed by atoms with Gasteiger partial charge in [-0.2, -0.15) is 5.10 Å². The molecule has 0 aliphatic carbocycles. The summed E-state index contributed by atoms with van der Waals surface area (Å²) in [7, 11) is 0. The quantitative estimate of drug-likeness (QED) is 0.745. The van der Waals surface area contributed by atoms with Gasteiger partial charge in [-0.15, -0.1) is 0 Å². The molecule has 7 heteroatoms. The molecule has 0 spiro atoms. The highest BCUT2D eigenvalue weighted by Gasteiger charge is 2.38. The van der Waals surface area contributed by atoms with Crippen LogP contribution in [0.4, 0.5) is 5.82 Å². The van der Waals surface area contributed by atoms with Crippen LogP contribution in [0.25, 0.3) is 0 Å². The number of benzene rings is 1. The zero-order valence-corrected chi connectivity index (χ0v) is 17.8. The lowest BCUT2D eigenvalue weighted by molar-refractivity contribution is -0.128. The number of allylic oxidation sites excluding steroid dienone is 1. The summed E-state index contributed by atoms with van der Waals surface area (Å²) in [6, 6.07) is 7.47. The Hall–Kier alpha value is -1.98. The molecular formula is C21H24Cl2N4O. The second kappa shape index (κ2) is 7.45. The smallest absolute Gasteiger partial charge is 0.254 e. The van der Waals surface area contributed by atoms with Crippen molar-refractivity contribution in [2.24, 2.45) is 0 Å². The molecule has 2 aliphatic heterocycles. The van der Waals surface area contributed by atoms with Gasteiger partial charge in [0, 0.05) is 24.4 Å². The van der Waals surface area contributed by atoms with Crippen LogP contribution in [0.3, 0.4) is 0 Å². The molecule has 2 atom stereocenters. The average molecular weight is 419 g/mol. The normalized spacial score (nSPS) is 21.7. The minimum absolute atomic E-state index is 0.0734. The van der Waals surface area contributed by atoms with Gasteiger partial charge < -0.3 is 10.2 Å². The third-order valence-corrected chi connectivity index (χ3v) is 6.43. The Balaban J connectivity index is 1.84. The van der Waals surface area contributed by atoms with Gasteiger partial charge in [-0.05, 0) is 50.8 Å². The van der Waals surface area contributed by atoms with Gasteiger partial charge in [0.1, 0.15) is 11.9 Å². The molecule has 1 N–H and O–H groups in total. The number of rotatable bonds is 3. The maximum absolute atomic E-state index is 13.7. The first-order valence-corrected chi connectivity index (χ1v) is 10.5. The van der Waals surface area contributed by atoms with Crippen LogP contribution in [0.1, 0.15) is 50.4 Å². The van der Waals surface area contributed by atoms with E-state index in [2.05, 4.69) is 17.3 Å². The standard InChI is InChI=1S/C21H24Cl2N4O/c1-4-15-6-5-9-26(15)21(28)19-13(3)24-18-10-12(2)25-27(18)20(19)14-7-8-16(22)17(23)11-14/h7-8,10-11,15,20,24H,4-6,9H2,1-3H3/t15-,20?/m1/s1. The summed E-state index contributed by atoms with van der Waals surface area (Å²) in [6.07, 6.45) is 3.08. The Kier molecular flexibility index (Phi) is 5.15. The molecule has 28 heavy (non-hydrogen) atoms. The number of nitrogens with zero attached hydrogens (tertiary/aromatic N) is 3. The molecule has 1 aromatic carbocycles. The van der Waals surface area contributed by atoms with Crippen LogP contribution in [-0.2, 0) is 4.79 Å². The molecule has 2 aromatic rings. The summed E-state index contributed by atoms with van der Waals surface area (Å²) in [4.78, 5) is 15.7. The van der Waals surface area contributed by atoms with Gasteiger partial charge in [-0.1, -0.05) is 36.2 Å². The second-order valence-electron chi connectivity index (χ2n) is 7.56. The number of hydrogen-bond donors (Lipinski definition) is 1. The average Bonchev–Trinajstić information content (AvgIpc) is 3.27. The second-order valence-corrected chi connectivity index (χ2v) is 8.37. The molecule has 1 aromatic heterocycles. The molecule has 1 amide bonds. The van der Waals surface area contributed by atoms with Gasteiger partial charge in [-0.3, -0.25) is 4.79 Å². The Morgan fingerprint density at radius 3 is 2.75 bits per heavy atom. The number of carbonyl (C=O) groups excluding carboxylic acids is 1. The lowest BCUT2D eigenvalue weighted by Crippen LogP contribution is -2.40. The fourth-order valence-electron chi connectivity index (χ4n) is 4.34. The highest BCUT2D eigenvalue weighted by atomic mass is 35.5. The number of carbonyl (C=O) groups is 1. The number of hydrogen-bond acceptors (Lipinski definition) is 3. The van der Waals surface area contributed by atoms with Gasteiger partial charge in [0.2, 0.25) is 0 Å². The molecule has 1 saturated heterocycles. The van der Waals surface area contributed by atoms with E-state index < -0.39 is 0 Å². The molecular weight excluding hydrogens is 395 g/mol. The molecule has 0 saturated carbocycles. The lowest BCUT2D eigenvalue weighted by atomic mass is 9.94. The predicted molar refractivity (Wildman–Crippen MR) is 113 cm³/mol. The summed E-state index contributed by atoms with van der Waals surface area (Å²) in [5, 5.41) is 9.00. The Bertz CT molecular complexity index is 965. The number of likely N-dealkylation sites (tertiary alicyclic amines) is 1. The molecule has 1 fully saturated rings. The zero-order valence-electron chi connectivity index (χ0n) is 16.3. The maximum atomic E-state index is 13.7. The highest BCUT2D eigenvalue weighted by molar-refractivity contribution is 6.42. The van der Waals surface area contributed by atoms with E-state index in [9.17, 15) is 4.79 Å². The fourth-order valence-corrected chi connectivity index (χ4v) is 4.65. The summed E-state index contributed by atoms with van der Waals surface area (Å²) < 4.78 is 1.88. The Morgan fingerprint density at radius 2 is 2.04 bits per heavy atom. The van der Waals surface area contributed by atoms with E-state index in [0.717, 1.165) is 48.6 Å². The number of nitrogens with one attached hydrogen (secondary N) is 1. The van der Waals surface area contributed by atoms with Crippen molar-refractivity contribution in [2.45, 2.75) is 52.1 Å². The molecule has 2 aliphatic rings. The van der Waals surface area contributed by atoms with Crippen LogP contribution in [0.2, 0.25) is 10.0 Å². The van der Waals surface area contributed by atoms with Crippen LogP contribution in [0.5, 0.6) is 0 Å². The van der Waals surface area contributed by atoms with Gasteiger partial charge in [0.05, 0.1) is 21.3 Å². The molecule has 5 nitrogen and oxygen atoms in total. The van der Waals surface area contributed by atoms with Crippen LogP contribution in [0.15, 0.2) is 35.5 Å². The first-order chi connectivity index (χ1) is 13.4. The van der Waals surface area contributed by atoms with E-state index >= 15 is 0 Å². The van der Waals surface area contributed by atoms with Gasteiger partial charge in [0.15, 0.2) is 0 Å². The number of anilines is 1. The molecule has 3 heterocycles. The van der Waals surface area contributed by atoms with Crippen molar-refractivity contribution in [2.75, 3.05) is 11.9 Å². The minimum Gasteiger partial charge on any atom is -0.344 e. The first-order valence-electron chi connectivity index (χ1n) is 9.70. The molecule has 148 valence electrons. The number of aryl methyl sites for hydroxylation is 1. The van der Waals surface area contributed by atoms with Crippen LogP contribution in [0, 0.1) is 6.92 Å². The summed E-state index contributed by atoms with van der Waals surface area (Å²) in [5.74, 6) is 0.945. The maximum Gasteiger partial charge on any atom is 0.254 e. The largest absolute Gasteiger partial charge is 0.344 e. The van der Waals surface area contributed by atoms with E-state index in [1.165, 1.54) is 0 Å². The van der Waals surface area contributed by atoms with Crippen LogP contribution >= 0.6 is 23.2 Å². The molecule has 1 unspecified atom stereocenters. The summed E-state index contributed by atoms with van der Waals surface area (Å²) in [6.45, 7) is 6.85. The number of halogens is 2. The zero-order chi connectivity index (χ0) is 20.0. The topological polar surface area (TPSA) is 50.2 Å². The fraction of sp³-hybridized carbons (Fsp3) is 0.429. The summed E-state index contributed by atoms with van der Waals surface area (Å²) in [5.41, 5.74) is 3.36. The van der Waals surface area contributed by atoms with Crippen molar-refractivity contribution in [1.29, 1.82) is 0 Å². The first kappa shape index (κ1) is 19.3. The van der Waals surface area contributed by atoms with E-state index in [1.54, 1.807) is 6.07 Å². The SMILES string of the molecule is CC[C@@H]1CCCN1C(=O)C1=C(C)Nc2cc(C)nn2C1c1ccc(Cl)c(Cl)c1. The van der Waals surface area contributed by atoms with Crippen molar-refractivity contribution in [3.05, 3.63) is 56.8 Å². The van der Waals surface area contributed by atoms with Crippen molar-refractivity contribution >= 4 is 34.9 Å². The lowest BCUT2D eigenvalue weighted by Gasteiger charge is -2.33. The third-order valence-electron chi connectivity index (χ3n) is 5.69. The van der Waals surface area contributed by atoms with Crippen molar-refractivity contribution in [3.63, 3.8) is 0 Å². The van der Waals surface area contributed by atoms with Crippen molar-refractivity contribution < 1.29 is 4.79 Å². The van der Waals surface area contributed by atoms with E-state index in [0.29, 0.717) is 21.7 Å². The third kappa shape index (κ3) is 3.20. The van der Waals surface area contributed by atoms with Crippen LogP contribution in [-0.4, -0.2) is 33.2 Å². The molecule has 0 radical (unpaired) electrons. The van der Waals surface area contributed by atoms with E-state index in [4.69, 9.17) is 23.2 Å². The van der Waals surface area contributed by atoms with Crippen LogP contribution < -0.4 is 5.32 Å². The number of fused-ring (bicyclic) bond motifs is 1. The van der Waals surface area contributed by atoms with E-state index in [1.807, 2.05) is 41.6 Å². The minimum atomic E-state index is -0.342. The van der Waals surface area contributed by atoms with Crippen molar-refractivity contribution in [3.8, 4) is 0 Å². The monoisotopic (exact) mass is 418 g/mol. The Morgan fingerprint density at radius 1 is 1.25 bits per heavy atom. The molecule has 0 bridgehead atoms. The van der Waals surface area contributed by atoms with E-state index in [-0.39, 0.29) is 11.9 Å². The van der Waals surface area contributed by atoms with Crippen molar-refractivity contribution in [1.82, 2.24) is 14.7 Å². The van der Waals surface area contributed by atoms with Gasteiger partial charge in [0.25, 0.3) is 5.91 Å². The number of aromatic nitrogens is 2. The number of amides is 1. The summed E-state index contributed by atoms with van der Waals surface area (Å²) >= 11 is 12.5. The highest BCUT2D eigenvalue weighted by Crippen LogP contribution is 2.39. The molecule has 4 rings (SSSR count).